The molecule has 0 aliphatic carbocycles. The molecule has 1 aromatic heterocycles. The van der Waals surface area contributed by atoms with Crippen molar-refractivity contribution >= 4 is 48.9 Å². The van der Waals surface area contributed by atoms with Crippen LogP contribution in [0.2, 0.25) is 5.02 Å². The average molecular weight is 416 g/mol. The minimum absolute atomic E-state index is 0.316. The number of nitrogens with zero attached hydrogens (tertiary/aromatic N) is 1. The highest BCUT2D eigenvalue weighted by Gasteiger charge is 2.35. The van der Waals surface area contributed by atoms with E-state index in [4.69, 9.17) is 11.6 Å². The van der Waals surface area contributed by atoms with Gasteiger partial charge in [0.25, 0.3) is 10.0 Å². The molecule has 2 unspecified atom stereocenters. The van der Waals surface area contributed by atoms with Gasteiger partial charge in [0.05, 0.1) is 8.81 Å². The van der Waals surface area contributed by atoms with Gasteiger partial charge in [0.1, 0.15) is 4.21 Å². The van der Waals surface area contributed by atoms with Gasteiger partial charge in [-0.2, -0.15) is 4.31 Å². The highest BCUT2D eigenvalue weighted by Crippen LogP contribution is 2.37. The number of hydrogen-bond acceptors (Lipinski definition) is 4. The predicted octanol–water partition coefficient (Wildman–Crippen LogP) is 3.56. The van der Waals surface area contributed by atoms with Crippen molar-refractivity contribution < 1.29 is 8.42 Å². The lowest BCUT2D eigenvalue weighted by molar-refractivity contribution is 0.204. The number of sulfonamides is 1. The molecule has 0 bridgehead atoms. The van der Waals surface area contributed by atoms with Gasteiger partial charge < -0.3 is 5.32 Å². The van der Waals surface area contributed by atoms with Crippen LogP contribution in [0.15, 0.2) is 14.1 Å². The summed E-state index contributed by atoms with van der Waals surface area (Å²) in [5.74, 6) is 0.354. The third kappa shape index (κ3) is 3.82. The van der Waals surface area contributed by atoms with Crippen LogP contribution in [0.25, 0.3) is 0 Å². The summed E-state index contributed by atoms with van der Waals surface area (Å²) in [6, 6.07) is 1.94. The van der Waals surface area contributed by atoms with Gasteiger partial charge in [-0.15, -0.1) is 11.3 Å². The Morgan fingerprint density at radius 1 is 1.52 bits per heavy atom. The van der Waals surface area contributed by atoms with Gasteiger partial charge in [0.2, 0.25) is 0 Å². The Bertz CT molecular complexity index is 571. The summed E-state index contributed by atoms with van der Waals surface area (Å²) in [5.41, 5.74) is 0. The van der Waals surface area contributed by atoms with Crippen molar-refractivity contribution in [3.63, 3.8) is 0 Å². The molecular formula is C13H20BrClN2O2S2. The second kappa shape index (κ2) is 7.27. The van der Waals surface area contributed by atoms with Crippen molar-refractivity contribution in [1.29, 1.82) is 0 Å². The fourth-order valence-electron chi connectivity index (χ4n) is 2.74. The summed E-state index contributed by atoms with van der Waals surface area (Å²) in [5, 5.41) is 3.91. The minimum Gasteiger partial charge on any atom is -0.314 e. The van der Waals surface area contributed by atoms with Crippen LogP contribution in [0, 0.1) is 5.92 Å². The molecule has 8 heteroatoms. The number of hydrogen-bond donors (Lipinski definition) is 1. The fraction of sp³-hybridized carbons (Fsp3) is 0.692. The number of piperidine rings is 1. The van der Waals surface area contributed by atoms with Crippen LogP contribution in [-0.2, 0) is 10.0 Å². The Hall–Kier alpha value is 0.340. The van der Waals surface area contributed by atoms with Crippen molar-refractivity contribution in [1.82, 2.24) is 9.62 Å². The zero-order valence-corrected chi connectivity index (χ0v) is 16.1. The van der Waals surface area contributed by atoms with Crippen molar-refractivity contribution in [3.8, 4) is 0 Å². The first-order valence-electron chi connectivity index (χ1n) is 7.08. The molecule has 0 saturated carbocycles. The van der Waals surface area contributed by atoms with Crippen molar-refractivity contribution in [2.75, 3.05) is 19.6 Å². The largest absolute Gasteiger partial charge is 0.314 e. The van der Waals surface area contributed by atoms with E-state index < -0.39 is 10.0 Å². The summed E-state index contributed by atoms with van der Waals surface area (Å²) in [6.45, 7) is 6.25. The van der Waals surface area contributed by atoms with Crippen molar-refractivity contribution in [2.24, 2.45) is 5.92 Å². The molecule has 0 amide bonds. The third-order valence-corrected chi connectivity index (χ3v) is 8.69. The summed E-state index contributed by atoms with van der Waals surface area (Å²) >= 11 is 10.4. The molecule has 0 aromatic carbocycles. The summed E-state index contributed by atoms with van der Waals surface area (Å²) in [4.78, 5) is 0. The lowest BCUT2D eigenvalue weighted by Crippen LogP contribution is -2.50. The first kappa shape index (κ1) is 17.7. The van der Waals surface area contributed by atoms with Crippen molar-refractivity contribution in [3.05, 3.63) is 14.9 Å². The highest BCUT2D eigenvalue weighted by molar-refractivity contribution is 9.11. The lowest BCUT2D eigenvalue weighted by atomic mass is 9.91. The van der Waals surface area contributed by atoms with E-state index in [0.29, 0.717) is 38.1 Å². The van der Waals surface area contributed by atoms with Crippen LogP contribution < -0.4 is 5.32 Å². The normalized spacial score (nSPS) is 24.4. The Labute approximate surface area is 144 Å². The van der Waals surface area contributed by atoms with Gasteiger partial charge in [-0.25, -0.2) is 8.42 Å². The topological polar surface area (TPSA) is 49.4 Å². The quantitative estimate of drug-likeness (QED) is 0.800. The standard InChI is InChI=1S/C13H20BrClN2O2S2/c1-3-9-8-17(6-5-11(9)16-4-2)21(18,19)12-7-10(15)13(14)20-12/h7,9,11,16H,3-6,8H2,1-2H3. The summed E-state index contributed by atoms with van der Waals surface area (Å²) in [6.07, 6.45) is 1.82. The molecule has 2 rings (SSSR count). The van der Waals surface area contributed by atoms with Gasteiger partial charge in [0.15, 0.2) is 0 Å². The second-order valence-electron chi connectivity index (χ2n) is 5.17. The van der Waals surface area contributed by atoms with Gasteiger partial charge >= 0.3 is 0 Å². The van der Waals surface area contributed by atoms with Gasteiger partial charge in [0, 0.05) is 19.1 Å². The Kier molecular flexibility index (Phi) is 6.13. The Balaban J connectivity index is 2.18. The second-order valence-corrected chi connectivity index (χ2v) is 10.1. The SMILES string of the molecule is CCNC1CCN(S(=O)(=O)c2cc(Cl)c(Br)s2)CC1CC. The maximum absolute atomic E-state index is 12.7. The molecule has 2 atom stereocenters. The monoisotopic (exact) mass is 414 g/mol. The first-order chi connectivity index (χ1) is 9.90. The van der Waals surface area contributed by atoms with Crippen LogP contribution in [0.4, 0.5) is 0 Å². The first-order valence-corrected chi connectivity index (χ1v) is 10.5. The van der Waals surface area contributed by atoms with E-state index in [2.05, 4.69) is 35.1 Å². The maximum Gasteiger partial charge on any atom is 0.252 e. The zero-order chi connectivity index (χ0) is 15.6. The number of halogens is 2. The van der Waals surface area contributed by atoms with E-state index in [9.17, 15) is 8.42 Å². The molecule has 0 radical (unpaired) electrons. The molecule has 21 heavy (non-hydrogen) atoms. The fourth-order valence-corrected chi connectivity index (χ4v) is 6.81. The van der Waals surface area contributed by atoms with Gasteiger partial charge in [-0.1, -0.05) is 31.9 Å². The average Bonchev–Trinajstić information content (AvgIpc) is 2.80. The molecule has 4 nitrogen and oxygen atoms in total. The van der Waals surface area contributed by atoms with Crippen LogP contribution in [0.3, 0.4) is 0 Å². The van der Waals surface area contributed by atoms with E-state index in [1.54, 1.807) is 4.31 Å². The Morgan fingerprint density at radius 3 is 2.76 bits per heavy atom. The number of nitrogens with one attached hydrogen (secondary N) is 1. The lowest BCUT2D eigenvalue weighted by Gasteiger charge is -2.37. The molecule has 1 saturated heterocycles. The molecule has 120 valence electrons. The van der Waals surface area contributed by atoms with E-state index in [-0.39, 0.29) is 0 Å². The molecule has 1 aliphatic heterocycles. The molecule has 0 spiro atoms. The van der Waals surface area contributed by atoms with Gasteiger partial charge in [-0.05, 0) is 40.9 Å². The predicted molar refractivity (Wildman–Crippen MR) is 91.7 cm³/mol. The molecule has 1 fully saturated rings. The highest BCUT2D eigenvalue weighted by atomic mass is 79.9. The Morgan fingerprint density at radius 2 is 2.24 bits per heavy atom. The molecule has 2 heterocycles. The van der Waals surface area contributed by atoms with E-state index >= 15 is 0 Å². The molecular weight excluding hydrogens is 396 g/mol. The van der Waals surface area contributed by atoms with Gasteiger partial charge in [-0.3, -0.25) is 0 Å². The molecule has 1 aliphatic rings. The van der Waals surface area contributed by atoms with E-state index in [0.717, 1.165) is 19.4 Å². The number of thiophene rings is 1. The van der Waals surface area contributed by atoms with Crippen LogP contribution in [0.1, 0.15) is 26.7 Å². The summed E-state index contributed by atoms with van der Waals surface area (Å²) < 4.78 is 28.0. The third-order valence-electron chi connectivity index (χ3n) is 3.90. The molecule has 1 aromatic rings. The van der Waals surface area contributed by atoms with E-state index in [1.165, 1.54) is 17.4 Å². The number of rotatable bonds is 5. The maximum atomic E-state index is 12.7. The minimum atomic E-state index is -3.44. The molecule has 1 N–H and O–H groups in total. The van der Waals surface area contributed by atoms with Crippen LogP contribution in [-0.4, -0.2) is 38.4 Å². The van der Waals surface area contributed by atoms with E-state index in [1.807, 2.05) is 0 Å². The summed E-state index contributed by atoms with van der Waals surface area (Å²) in [7, 11) is -3.44. The van der Waals surface area contributed by atoms with Crippen LogP contribution >= 0.6 is 38.9 Å². The van der Waals surface area contributed by atoms with Crippen molar-refractivity contribution in [2.45, 2.75) is 36.9 Å². The van der Waals surface area contributed by atoms with Crippen LogP contribution in [0.5, 0.6) is 0 Å². The smallest absolute Gasteiger partial charge is 0.252 e. The zero-order valence-electron chi connectivity index (χ0n) is 12.1.